The average Bonchev–Trinajstić information content (AvgIpc) is 3.02. The molecule has 1 atom stereocenters. The minimum absolute atomic E-state index is 0.00940. The molecular weight excluding hydrogens is 418 g/mol. The summed E-state index contributed by atoms with van der Waals surface area (Å²) in [4.78, 5) is 27.7. The van der Waals surface area contributed by atoms with Crippen LogP contribution in [0.25, 0.3) is 5.76 Å². The Kier molecular flexibility index (Phi) is 7.92. The lowest BCUT2D eigenvalue weighted by atomic mass is 9.92. The summed E-state index contributed by atoms with van der Waals surface area (Å²) in [5.41, 5.74) is 3.17. The number of amides is 1. The molecule has 176 valence electrons. The number of Topliss-reactive ketones (excluding diaryl/α,β-unsaturated/α-hetero) is 1. The largest absolute Gasteiger partial charge is 0.507 e. The predicted molar refractivity (Wildman–Crippen MR) is 128 cm³/mol. The number of hydrogen-bond donors (Lipinski definition) is 1. The fraction of sp³-hybridized carbons (Fsp3) is 0.407. The van der Waals surface area contributed by atoms with Gasteiger partial charge in [0.1, 0.15) is 11.5 Å². The van der Waals surface area contributed by atoms with Gasteiger partial charge in [-0.15, -0.1) is 0 Å². The van der Waals surface area contributed by atoms with Crippen molar-refractivity contribution >= 4 is 17.4 Å². The smallest absolute Gasteiger partial charge is 0.295 e. The highest BCUT2D eigenvalue weighted by molar-refractivity contribution is 6.46. The monoisotopic (exact) mass is 451 g/mol. The number of likely N-dealkylation sites (tertiary alicyclic amines) is 1. The fourth-order valence-corrected chi connectivity index (χ4v) is 4.04. The zero-order chi connectivity index (χ0) is 24.1. The molecule has 1 unspecified atom stereocenters. The number of aliphatic hydroxyl groups excluding tert-OH is 1. The molecule has 1 amide bonds. The summed E-state index contributed by atoms with van der Waals surface area (Å²) in [5.74, 6) is -0.764. The molecule has 0 spiro atoms. The normalized spacial score (nSPS) is 17.8. The lowest BCUT2D eigenvalue weighted by molar-refractivity contribution is -0.140. The molecular formula is C27H33NO5. The van der Waals surface area contributed by atoms with Crippen molar-refractivity contribution in [1.82, 2.24) is 4.90 Å². The molecule has 1 fully saturated rings. The van der Waals surface area contributed by atoms with Crippen molar-refractivity contribution in [2.75, 3.05) is 19.8 Å². The van der Waals surface area contributed by atoms with E-state index in [-0.39, 0.29) is 24.0 Å². The molecule has 1 heterocycles. The van der Waals surface area contributed by atoms with E-state index in [4.69, 9.17) is 9.47 Å². The number of ketones is 1. The minimum Gasteiger partial charge on any atom is -0.507 e. The van der Waals surface area contributed by atoms with Crippen LogP contribution in [0.3, 0.4) is 0 Å². The van der Waals surface area contributed by atoms with Gasteiger partial charge in [0, 0.05) is 12.1 Å². The maximum atomic E-state index is 13.1. The zero-order valence-electron chi connectivity index (χ0n) is 20.1. The quantitative estimate of drug-likeness (QED) is 0.332. The summed E-state index contributed by atoms with van der Waals surface area (Å²) in [6.07, 6.45) is 0.900. The maximum absolute atomic E-state index is 13.1. The van der Waals surface area contributed by atoms with Gasteiger partial charge in [-0.2, -0.15) is 0 Å². The van der Waals surface area contributed by atoms with Gasteiger partial charge < -0.3 is 19.5 Å². The molecule has 0 aliphatic carbocycles. The second-order valence-corrected chi connectivity index (χ2v) is 8.60. The molecule has 0 bridgehead atoms. The van der Waals surface area contributed by atoms with Gasteiger partial charge in [0.2, 0.25) is 0 Å². The van der Waals surface area contributed by atoms with Crippen LogP contribution < -0.4 is 4.74 Å². The summed E-state index contributed by atoms with van der Waals surface area (Å²) in [6.45, 7) is 10.9. The molecule has 2 aromatic carbocycles. The Morgan fingerprint density at radius 1 is 1.06 bits per heavy atom. The molecule has 3 rings (SSSR count). The standard InChI is InChI=1S/C27H33NO5/c1-6-14-33-22-12-11-20(16-19(22)5)25(29)23-24(21-10-8-7-9-18(21)4)28(27(31)26(23)30)13-15-32-17(2)3/h7-12,16-17,24,29H,6,13-15H2,1-5H3/b25-23+. The zero-order valence-corrected chi connectivity index (χ0v) is 20.1. The Labute approximate surface area is 195 Å². The van der Waals surface area contributed by atoms with Gasteiger partial charge in [0.25, 0.3) is 11.7 Å². The van der Waals surface area contributed by atoms with Crippen molar-refractivity contribution in [1.29, 1.82) is 0 Å². The van der Waals surface area contributed by atoms with Crippen molar-refractivity contribution in [3.05, 3.63) is 70.3 Å². The van der Waals surface area contributed by atoms with Gasteiger partial charge in [-0.1, -0.05) is 31.2 Å². The molecule has 0 radical (unpaired) electrons. The number of rotatable bonds is 9. The Hall–Kier alpha value is -3.12. The van der Waals surface area contributed by atoms with Crippen molar-refractivity contribution in [3.63, 3.8) is 0 Å². The Morgan fingerprint density at radius 3 is 2.42 bits per heavy atom. The van der Waals surface area contributed by atoms with Crippen LogP contribution in [0.15, 0.2) is 48.0 Å². The second kappa shape index (κ2) is 10.7. The summed E-state index contributed by atoms with van der Waals surface area (Å²) in [7, 11) is 0. The van der Waals surface area contributed by atoms with E-state index in [2.05, 4.69) is 0 Å². The third-order valence-electron chi connectivity index (χ3n) is 5.72. The van der Waals surface area contributed by atoms with E-state index in [1.54, 1.807) is 18.2 Å². The molecule has 2 aromatic rings. The predicted octanol–water partition coefficient (Wildman–Crippen LogP) is 4.94. The van der Waals surface area contributed by atoms with Crippen molar-refractivity contribution in [2.45, 2.75) is 53.2 Å². The van der Waals surface area contributed by atoms with Gasteiger partial charge >= 0.3 is 0 Å². The molecule has 1 aliphatic heterocycles. The highest BCUT2D eigenvalue weighted by Gasteiger charge is 2.46. The first-order valence-electron chi connectivity index (χ1n) is 11.5. The van der Waals surface area contributed by atoms with Crippen LogP contribution in [0.1, 0.15) is 55.5 Å². The van der Waals surface area contributed by atoms with Gasteiger partial charge in [-0.3, -0.25) is 9.59 Å². The van der Waals surface area contributed by atoms with Gasteiger partial charge in [0.15, 0.2) is 0 Å². The van der Waals surface area contributed by atoms with E-state index in [0.717, 1.165) is 28.9 Å². The van der Waals surface area contributed by atoms with E-state index in [0.29, 0.717) is 18.8 Å². The van der Waals surface area contributed by atoms with Crippen LogP contribution in [-0.4, -0.2) is 47.6 Å². The highest BCUT2D eigenvalue weighted by Crippen LogP contribution is 2.40. The van der Waals surface area contributed by atoms with Crippen molar-refractivity contribution in [2.24, 2.45) is 0 Å². The molecule has 1 aliphatic rings. The molecule has 6 nitrogen and oxygen atoms in total. The van der Waals surface area contributed by atoms with E-state index in [9.17, 15) is 14.7 Å². The number of nitrogens with zero attached hydrogens (tertiary/aromatic N) is 1. The van der Waals surface area contributed by atoms with Gasteiger partial charge in [0.05, 0.1) is 30.9 Å². The number of aliphatic hydroxyl groups is 1. The highest BCUT2D eigenvalue weighted by atomic mass is 16.5. The first-order chi connectivity index (χ1) is 15.8. The molecule has 0 saturated carbocycles. The second-order valence-electron chi connectivity index (χ2n) is 8.60. The molecule has 33 heavy (non-hydrogen) atoms. The summed E-state index contributed by atoms with van der Waals surface area (Å²) < 4.78 is 11.4. The summed E-state index contributed by atoms with van der Waals surface area (Å²) in [6, 6.07) is 12.2. The number of ether oxygens (including phenoxy) is 2. The van der Waals surface area contributed by atoms with Crippen LogP contribution in [0, 0.1) is 13.8 Å². The van der Waals surface area contributed by atoms with Gasteiger partial charge in [-0.05, 0) is 69.0 Å². The van der Waals surface area contributed by atoms with Gasteiger partial charge in [-0.25, -0.2) is 0 Å². The number of benzene rings is 2. The third kappa shape index (κ3) is 5.28. The summed E-state index contributed by atoms with van der Waals surface area (Å²) in [5, 5.41) is 11.3. The summed E-state index contributed by atoms with van der Waals surface area (Å²) >= 11 is 0. The van der Waals surface area contributed by atoms with E-state index in [1.165, 1.54) is 4.90 Å². The van der Waals surface area contributed by atoms with E-state index >= 15 is 0 Å². The Morgan fingerprint density at radius 2 is 1.79 bits per heavy atom. The third-order valence-corrected chi connectivity index (χ3v) is 5.72. The number of aryl methyl sites for hydroxylation is 2. The van der Waals surface area contributed by atoms with Crippen LogP contribution in [0.4, 0.5) is 0 Å². The Bertz CT molecular complexity index is 1060. The molecule has 0 aromatic heterocycles. The molecule has 1 saturated heterocycles. The number of carbonyl (C=O) groups is 2. The number of carbonyl (C=O) groups excluding carboxylic acids is 2. The average molecular weight is 452 g/mol. The van der Waals surface area contributed by atoms with Crippen molar-refractivity contribution in [3.8, 4) is 5.75 Å². The van der Waals surface area contributed by atoms with Crippen LogP contribution in [-0.2, 0) is 14.3 Å². The van der Waals surface area contributed by atoms with E-state index < -0.39 is 17.7 Å². The lowest BCUT2D eigenvalue weighted by Gasteiger charge is -2.26. The van der Waals surface area contributed by atoms with Crippen LogP contribution >= 0.6 is 0 Å². The fourth-order valence-electron chi connectivity index (χ4n) is 4.04. The van der Waals surface area contributed by atoms with E-state index in [1.807, 2.05) is 58.9 Å². The minimum atomic E-state index is -0.686. The first kappa shape index (κ1) is 24.5. The SMILES string of the molecule is CCCOc1ccc(/C(O)=C2\C(=O)C(=O)N(CCOC(C)C)C2c2ccccc2C)cc1C. The van der Waals surface area contributed by atoms with Crippen LogP contribution in [0.2, 0.25) is 0 Å². The molecule has 6 heteroatoms. The topological polar surface area (TPSA) is 76.1 Å². The van der Waals surface area contributed by atoms with Crippen molar-refractivity contribution < 1.29 is 24.2 Å². The maximum Gasteiger partial charge on any atom is 0.295 e. The van der Waals surface area contributed by atoms with Crippen LogP contribution in [0.5, 0.6) is 5.75 Å². The Balaban J connectivity index is 2.08. The molecule has 1 N–H and O–H groups in total. The number of hydrogen-bond acceptors (Lipinski definition) is 5. The first-order valence-corrected chi connectivity index (χ1v) is 11.5. The lowest BCUT2D eigenvalue weighted by Crippen LogP contribution is -2.33.